The van der Waals surface area contributed by atoms with Crippen LogP contribution >= 0.6 is 0 Å². The Morgan fingerprint density at radius 2 is 1.86 bits per heavy atom. The number of hydrogen-bond donors (Lipinski definition) is 0. The van der Waals surface area contributed by atoms with Gasteiger partial charge in [-0.15, -0.1) is 0 Å². The maximum Gasteiger partial charge on any atom is 0.254 e. The van der Waals surface area contributed by atoms with Crippen molar-refractivity contribution < 1.29 is 9.18 Å². The average Bonchev–Trinajstić information content (AvgIpc) is 2.97. The van der Waals surface area contributed by atoms with E-state index in [0.717, 1.165) is 19.4 Å². The second-order valence-corrected chi connectivity index (χ2v) is 5.52. The topological polar surface area (TPSA) is 20.3 Å². The number of hydrogen-bond acceptors (Lipinski definition) is 1. The van der Waals surface area contributed by atoms with Crippen molar-refractivity contribution in [3.05, 3.63) is 71.0 Å². The van der Waals surface area contributed by atoms with Gasteiger partial charge < -0.3 is 4.90 Å². The Hall–Kier alpha value is -2.16. The fourth-order valence-corrected chi connectivity index (χ4v) is 3.05. The smallest absolute Gasteiger partial charge is 0.254 e. The van der Waals surface area contributed by atoms with E-state index in [-0.39, 0.29) is 17.8 Å². The van der Waals surface area contributed by atoms with Crippen LogP contribution in [0.4, 0.5) is 4.39 Å². The quantitative estimate of drug-likeness (QED) is 0.812. The summed E-state index contributed by atoms with van der Waals surface area (Å²) < 4.78 is 13.0. The first-order chi connectivity index (χ1) is 10.2. The molecular weight excluding hydrogens is 265 g/mol. The zero-order chi connectivity index (χ0) is 14.8. The van der Waals surface area contributed by atoms with E-state index in [1.54, 1.807) is 12.1 Å². The molecule has 108 valence electrons. The second kappa shape index (κ2) is 5.68. The molecule has 3 heteroatoms. The summed E-state index contributed by atoms with van der Waals surface area (Å²) in [6, 6.07) is 14.1. The molecule has 0 saturated carbocycles. The van der Waals surface area contributed by atoms with Gasteiger partial charge in [0.25, 0.3) is 5.91 Å². The first-order valence-electron chi connectivity index (χ1n) is 7.29. The Bertz CT molecular complexity index is 651. The van der Waals surface area contributed by atoms with Crippen LogP contribution in [0, 0.1) is 12.7 Å². The van der Waals surface area contributed by atoms with Crippen LogP contribution < -0.4 is 0 Å². The molecule has 0 bridgehead atoms. The largest absolute Gasteiger partial charge is 0.332 e. The molecular formula is C18H18FNO. The van der Waals surface area contributed by atoms with Crippen LogP contribution in [0.25, 0.3) is 0 Å². The molecule has 2 nitrogen and oxygen atoms in total. The van der Waals surface area contributed by atoms with Gasteiger partial charge in [0.2, 0.25) is 0 Å². The summed E-state index contributed by atoms with van der Waals surface area (Å²) in [7, 11) is 0. The van der Waals surface area contributed by atoms with Crippen LogP contribution in [0.5, 0.6) is 0 Å². The Kier molecular flexibility index (Phi) is 3.74. The molecule has 2 aromatic rings. The highest BCUT2D eigenvalue weighted by atomic mass is 19.1. The van der Waals surface area contributed by atoms with Gasteiger partial charge in [-0.3, -0.25) is 4.79 Å². The molecule has 1 aliphatic heterocycles. The van der Waals surface area contributed by atoms with Gasteiger partial charge in [0.05, 0.1) is 6.04 Å². The van der Waals surface area contributed by atoms with Crippen LogP contribution in [-0.4, -0.2) is 17.4 Å². The molecule has 1 atom stereocenters. The van der Waals surface area contributed by atoms with Gasteiger partial charge in [-0.05, 0) is 55.2 Å². The summed E-state index contributed by atoms with van der Waals surface area (Å²) in [4.78, 5) is 14.6. The molecule has 0 radical (unpaired) electrons. The number of carbonyl (C=O) groups excluding carboxylic acids is 1. The van der Waals surface area contributed by atoms with Crippen molar-refractivity contribution in [2.24, 2.45) is 0 Å². The monoisotopic (exact) mass is 283 g/mol. The normalized spacial score (nSPS) is 18.0. The van der Waals surface area contributed by atoms with Crippen molar-refractivity contribution in [1.82, 2.24) is 4.90 Å². The summed E-state index contributed by atoms with van der Waals surface area (Å²) in [5.74, 6) is -0.329. The Labute approximate surface area is 124 Å². The minimum Gasteiger partial charge on any atom is -0.332 e. The number of carbonyl (C=O) groups is 1. The first kappa shape index (κ1) is 13.8. The lowest BCUT2D eigenvalue weighted by molar-refractivity contribution is 0.0735. The molecule has 0 aromatic heterocycles. The SMILES string of the molecule is Cc1ccccc1C1CCCN1C(=O)c1ccc(F)cc1. The minimum absolute atomic E-state index is 0.0132. The van der Waals surface area contributed by atoms with Gasteiger partial charge in [-0.1, -0.05) is 24.3 Å². The van der Waals surface area contributed by atoms with Crippen molar-refractivity contribution in [3.63, 3.8) is 0 Å². The van der Waals surface area contributed by atoms with Crippen molar-refractivity contribution in [2.45, 2.75) is 25.8 Å². The van der Waals surface area contributed by atoms with Gasteiger partial charge in [-0.2, -0.15) is 0 Å². The first-order valence-corrected chi connectivity index (χ1v) is 7.29. The number of amides is 1. The number of rotatable bonds is 2. The molecule has 0 aliphatic carbocycles. The maximum absolute atomic E-state index is 13.0. The molecule has 1 heterocycles. The molecule has 1 unspecified atom stereocenters. The third-order valence-electron chi connectivity index (χ3n) is 4.15. The number of nitrogens with zero attached hydrogens (tertiary/aromatic N) is 1. The lowest BCUT2D eigenvalue weighted by atomic mass is 9.99. The van der Waals surface area contributed by atoms with Crippen LogP contribution in [0.1, 0.15) is 40.4 Å². The minimum atomic E-state index is -0.316. The predicted octanol–water partition coefficient (Wildman–Crippen LogP) is 4.11. The molecule has 1 saturated heterocycles. The average molecular weight is 283 g/mol. The predicted molar refractivity (Wildman–Crippen MR) is 80.6 cm³/mol. The van der Waals surface area contributed by atoms with Gasteiger partial charge in [0.1, 0.15) is 5.82 Å². The molecule has 1 aliphatic rings. The van der Waals surface area contributed by atoms with E-state index in [2.05, 4.69) is 19.1 Å². The van der Waals surface area contributed by atoms with Crippen LogP contribution in [-0.2, 0) is 0 Å². The van der Waals surface area contributed by atoms with Gasteiger partial charge >= 0.3 is 0 Å². The molecule has 1 amide bonds. The molecule has 21 heavy (non-hydrogen) atoms. The highest BCUT2D eigenvalue weighted by Gasteiger charge is 2.31. The van der Waals surface area contributed by atoms with E-state index >= 15 is 0 Å². The molecule has 2 aromatic carbocycles. The summed E-state index contributed by atoms with van der Waals surface area (Å²) in [5.41, 5.74) is 2.98. The zero-order valence-corrected chi connectivity index (χ0v) is 12.1. The number of halogens is 1. The van der Waals surface area contributed by atoms with Crippen LogP contribution in [0.15, 0.2) is 48.5 Å². The summed E-state index contributed by atoms with van der Waals surface area (Å²) in [6.07, 6.45) is 1.99. The van der Waals surface area contributed by atoms with E-state index < -0.39 is 0 Å². The fourth-order valence-electron chi connectivity index (χ4n) is 3.05. The third-order valence-corrected chi connectivity index (χ3v) is 4.15. The van der Waals surface area contributed by atoms with E-state index in [1.165, 1.54) is 23.3 Å². The molecule has 3 rings (SSSR count). The van der Waals surface area contributed by atoms with Crippen molar-refractivity contribution in [1.29, 1.82) is 0 Å². The van der Waals surface area contributed by atoms with Gasteiger partial charge in [-0.25, -0.2) is 4.39 Å². The molecule has 0 spiro atoms. The number of likely N-dealkylation sites (tertiary alicyclic amines) is 1. The second-order valence-electron chi connectivity index (χ2n) is 5.52. The standard InChI is InChI=1S/C18H18FNO/c1-13-5-2-3-6-16(13)17-7-4-12-20(17)18(21)14-8-10-15(19)11-9-14/h2-3,5-6,8-11,17H,4,7,12H2,1H3. The Morgan fingerprint density at radius 1 is 1.14 bits per heavy atom. The zero-order valence-electron chi connectivity index (χ0n) is 12.1. The summed E-state index contributed by atoms with van der Waals surface area (Å²) >= 11 is 0. The van der Waals surface area contributed by atoms with Crippen LogP contribution in [0.2, 0.25) is 0 Å². The summed E-state index contributed by atoms with van der Waals surface area (Å²) in [6.45, 7) is 2.84. The Balaban J connectivity index is 1.89. The van der Waals surface area contributed by atoms with E-state index in [0.29, 0.717) is 5.56 Å². The van der Waals surface area contributed by atoms with Crippen molar-refractivity contribution in [2.75, 3.05) is 6.54 Å². The molecule has 0 N–H and O–H groups in total. The van der Waals surface area contributed by atoms with Crippen molar-refractivity contribution >= 4 is 5.91 Å². The highest BCUT2D eigenvalue weighted by molar-refractivity contribution is 5.94. The fraction of sp³-hybridized carbons (Fsp3) is 0.278. The summed E-state index contributed by atoms with van der Waals surface area (Å²) in [5, 5.41) is 0. The maximum atomic E-state index is 13.0. The van der Waals surface area contributed by atoms with E-state index in [4.69, 9.17) is 0 Å². The van der Waals surface area contributed by atoms with Gasteiger partial charge in [0.15, 0.2) is 0 Å². The van der Waals surface area contributed by atoms with E-state index in [9.17, 15) is 9.18 Å². The third kappa shape index (κ3) is 2.68. The lowest BCUT2D eigenvalue weighted by Gasteiger charge is -2.26. The highest BCUT2D eigenvalue weighted by Crippen LogP contribution is 2.34. The number of aryl methyl sites for hydroxylation is 1. The van der Waals surface area contributed by atoms with E-state index in [1.807, 2.05) is 17.0 Å². The van der Waals surface area contributed by atoms with Gasteiger partial charge in [0, 0.05) is 12.1 Å². The van der Waals surface area contributed by atoms with Crippen molar-refractivity contribution in [3.8, 4) is 0 Å². The van der Waals surface area contributed by atoms with Crippen LogP contribution in [0.3, 0.4) is 0 Å². The lowest BCUT2D eigenvalue weighted by Crippen LogP contribution is -2.30. The Morgan fingerprint density at radius 3 is 2.57 bits per heavy atom. The molecule has 1 fully saturated rings. The number of benzene rings is 2.